The van der Waals surface area contributed by atoms with Gasteiger partial charge in [0.05, 0.1) is 17.2 Å². The molecule has 38 heavy (non-hydrogen) atoms. The third-order valence-electron chi connectivity index (χ3n) is 6.20. The van der Waals surface area contributed by atoms with Crippen molar-refractivity contribution < 1.29 is 37.2 Å². The monoisotopic (exact) mass is 539 g/mol. The van der Waals surface area contributed by atoms with Crippen molar-refractivity contribution in [3.05, 3.63) is 45.1 Å². The molecule has 204 valence electrons. The van der Waals surface area contributed by atoms with Crippen LogP contribution in [0.25, 0.3) is 0 Å². The number of nitro benzene ring substituents is 1. The number of fused-ring (bicyclic) bond motifs is 1. The molecule has 3 heterocycles. The molecule has 1 fully saturated rings. The number of piperazine rings is 1. The second kappa shape index (κ2) is 10.6. The van der Waals surface area contributed by atoms with E-state index in [9.17, 15) is 37.7 Å². The smallest absolute Gasteiger partial charge is 0.448 e. The highest BCUT2D eigenvalue weighted by molar-refractivity contribution is 6.07. The van der Waals surface area contributed by atoms with Gasteiger partial charge in [-0.25, -0.2) is 4.79 Å². The van der Waals surface area contributed by atoms with Crippen LogP contribution in [0.5, 0.6) is 0 Å². The Morgan fingerprint density at radius 3 is 2.55 bits per heavy atom. The lowest BCUT2D eigenvalue weighted by molar-refractivity contribution is -0.385. The highest BCUT2D eigenvalue weighted by atomic mass is 19.4. The lowest BCUT2D eigenvalue weighted by atomic mass is 10.1. The van der Waals surface area contributed by atoms with E-state index in [1.165, 1.54) is 12.1 Å². The van der Waals surface area contributed by atoms with E-state index in [4.69, 9.17) is 4.74 Å². The topological polar surface area (TPSA) is 152 Å². The number of hydrogen-bond donors (Lipinski definition) is 2. The number of aromatic nitrogens is 2. The van der Waals surface area contributed by atoms with Gasteiger partial charge in [0, 0.05) is 63.0 Å². The molecule has 2 aliphatic rings. The number of halogens is 3. The van der Waals surface area contributed by atoms with Gasteiger partial charge in [-0.3, -0.25) is 19.7 Å². The lowest BCUT2D eigenvalue weighted by Crippen LogP contribution is -2.52. The number of ether oxygens (including phenoxy) is 1. The molecule has 13 nitrogen and oxygen atoms in total. The fourth-order valence-corrected chi connectivity index (χ4v) is 4.37. The Balaban J connectivity index is 1.54. The predicted molar refractivity (Wildman–Crippen MR) is 126 cm³/mol. The third kappa shape index (κ3) is 5.39. The van der Waals surface area contributed by atoms with Crippen LogP contribution in [0.4, 0.5) is 35.2 Å². The fraction of sp³-hybridized carbons (Fsp3) is 0.455. The Morgan fingerprint density at radius 1 is 1.21 bits per heavy atom. The van der Waals surface area contributed by atoms with E-state index in [2.05, 4.69) is 15.7 Å². The zero-order valence-electron chi connectivity index (χ0n) is 20.2. The standard InChI is InChI=1S/C22H24F3N7O6/c1-2-38-21(35)31-16-5-6-26-12-15(16)18(28-31)27-19(33)14-4-3-13(11-17(14)32(36)37)29-7-9-30(10-8-29)20(34)22(23,24)25/h3-4,11,26H,2,5-10,12H2,1H3,(H,27,28,33). The number of carbonyl (C=O) groups excluding carboxylic acids is 3. The Kier molecular flexibility index (Phi) is 7.52. The number of benzene rings is 1. The summed E-state index contributed by atoms with van der Waals surface area (Å²) in [4.78, 5) is 50.1. The maximum absolute atomic E-state index is 13.1. The van der Waals surface area contributed by atoms with E-state index in [0.717, 1.165) is 10.7 Å². The number of alkyl halides is 3. The van der Waals surface area contributed by atoms with Crippen molar-refractivity contribution in [3.63, 3.8) is 0 Å². The van der Waals surface area contributed by atoms with E-state index >= 15 is 0 Å². The summed E-state index contributed by atoms with van der Waals surface area (Å²) < 4.78 is 44.1. The molecular weight excluding hydrogens is 515 g/mol. The molecule has 0 saturated carbocycles. The number of rotatable bonds is 5. The van der Waals surface area contributed by atoms with Gasteiger partial charge < -0.3 is 25.2 Å². The predicted octanol–water partition coefficient (Wildman–Crippen LogP) is 1.90. The average molecular weight is 539 g/mol. The van der Waals surface area contributed by atoms with Crippen LogP contribution in [0.15, 0.2) is 18.2 Å². The summed E-state index contributed by atoms with van der Waals surface area (Å²) in [5, 5.41) is 21.6. The third-order valence-corrected chi connectivity index (χ3v) is 6.20. The van der Waals surface area contributed by atoms with Gasteiger partial charge in [-0.1, -0.05) is 0 Å². The minimum atomic E-state index is -4.97. The molecule has 0 radical (unpaired) electrons. The van der Waals surface area contributed by atoms with Crippen LogP contribution in [-0.4, -0.2) is 83.0 Å². The van der Waals surface area contributed by atoms with Crippen molar-refractivity contribution in [1.82, 2.24) is 20.0 Å². The summed E-state index contributed by atoms with van der Waals surface area (Å²) in [6.45, 7) is 2.28. The van der Waals surface area contributed by atoms with Crippen LogP contribution in [0.2, 0.25) is 0 Å². The van der Waals surface area contributed by atoms with E-state index in [-0.39, 0.29) is 44.2 Å². The summed E-state index contributed by atoms with van der Waals surface area (Å²) in [7, 11) is 0. The fourth-order valence-electron chi connectivity index (χ4n) is 4.37. The van der Waals surface area contributed by atoms with Crippen molar-refractivity contribution in [3.8, 4) is 0 Å². The van der Waals surface area contributed by atoms with Gasteiger partial charge in [-0.15, -0.1) is 5.10 Å². The Labute approximate surface area is 213 Å². The molecule has 1 aromatic heterocycles. The van der Waals surface area contributed by atoms with Crippen molar-refractivity contribution in [2.75, 3.05) is 49.5 Å². The van der Waals surface area contributed by atoms with Crippen LogP contribution >= 0.6 is 0 Å². The van der Waals surface area contributed by atoms with Gasteiger partial charge in [0.1, 0.15) is 5.56 Å². The van der Waals surface area contributed by atoms with Gasteiger partial charge in [0.25, 0.3) is 11.6 Å². The second-order valence-corrected chi connectivity index (χ2v) is 8.50. The maximum atomic E-state index is 13.1. The Bertz CT molecular complexity index is 1270. The van der Waals surface area contributed by atoms with Crippen molar-refractivity contribution >= 4 is 35.1 Å². The normalized spacial score (nSPS) is 15.6. The second-order valence-electron chi connectivity index (χ2n) is 8.50. The molecule has 2 aliphatic heterocycles. The minimum absolute atomic E-state index is 0.0228. The van der Waals surface area contributed by atoms with Crippen LogP contribution in [-0.2, 0) is 22.5 Å². The van der Waals surface area contributed by atoms with E-state index in [1.807, 2.05) is 0 Å². The molecule has 1 saturated heterocycles. The van der Waals surface area contributed by atoms with Crippen LogP contribution in [0, 0.1) is 10.1 Å². The summed E-state index contributed by atoms with van der Waals surface area (Å²) in [6.07, 6.45) is -5.23. The summed E-state index contributed by atoms with van der Waals surface area (Å²) in [5.74, 6) is -2.70. The first-order valence-corrected chi connectivity index (χ1v) is 11.7. The zero-order valence-corrected chi connectivity index (χ0v) is 20.2. The quantitative estimate of drug-likeness (QED) is 0.429. The molecule has 16 heteroatoms. The molecule has 0 atom stereocenters. The first-order chi connectivity index (χ1) is 18.0. The Morgan fingerprint density at radius 2 is 1.92 bits per heavy atom. The number of hydrogen-bond acceptors (Lipinski definition) is 9. The van der Waals surface area contributed by atoms with E-state index in [1.54, 1.807) is 11.8 Å². The molecule has 0 aliphatic carbocycles. The van der Waals surface area contributed by atoms with Crippen molar-refractivity contribution in [2.24, 2.45) is 0 Å². The molecule has 1 aromatic carbocycles. The van der Waals surface area contributed by atoms with Crippen LogP contribution in [0.3, 0.4) is 0 Å². The highest BCUT2D eigenvalue weighted by Gasteiger charge is 2.43. The number of nitro groups is 1. The van der Waals surface area contributed by atoms with Gasteiger partial charge in [0.2, 0.25) is 0 Å². The largest absolute Gasteiger partial charge is 0.471 e. The number of anilines is 2. The van der Waals surface area contributed by atoms with Crippen molar-refractivity contribution in [1.29, 1.82) is 0 Å². The van der Waals surface area contributed by atoms with E-state index in [0.29, 0.717) is 41.4 Å². The number of carbonyl (C=O) groups is 3. The van der Waals surface area contributed by atoms with Crippen molar-refractivity contribution in [2.45, 2.75) is 26.1 Å². The summed E-state index contributed by atoms with van der Waals surface area (Å²) >= 11 is 0. The molecule has 2 amide bonds. The molecule has 0 unspecified atom stereocenters. The summed E-state index contributed by atoms with van der Waals surface area (Å²) in [6, 6.07) is 3.84. The maximum Gasteiger partial charge on any atom is 0.471 e. The van der Waals surface area contributed by atoms with Gasteiger partial charge in [-0.05, 0) is 19.1 Å². The van der Waals surface area contributed by atoms with Gasteiger partial charge >= 0.3 is 18.2 Å². The molecule has 2 aromatic rings. The zero-order chi connectivity index (χ0) is 27.6. The first kappa shape index (κ1) is 26.8. The molecule has 0 spiro atoms. The Hall–Kier alpha value is -4.21. The summed E-state index contributed by atoms with van der Waals surface area (Å²) in [5.41, 5.74) is 0.646. The highest BCUT2D eigenvalue weighted by Crippen LogP contribution is 2.29. The SMILES string of the molecule is CCOC(=O)n1nc(NC(=O)c2ccc(N3CCN(C(=O)C(F)(F)F)CC3)cc2[N+](=O)[O-])c2c1CCNC2. The van der Waals surface area contributed by atoms with Crippen LogP contribution in [0.1, 0.15) is 28.5 Å². The number of nitrogens with one attached hydrogen (secondary N) is 2. The van der Waals surface area contributed by atoms with E-state index < -0.39 is 34.7 Å². The minimum Gasteiger partial charge on any atom is -0.448 e. The van der Waals surface area contributed by atoms with Gasteiger partial charge in [-0.2, -0.15) is 17.9 Å². The molecule has 4 rings (SSSR count). The first-order valence-electron chi connectivity index (χ1n) is 11.7. The van der Waals surface area contributed by atoms with Gasteiger partial charge in [0.15, 0.2) is 5.82 Å². The average Bonchev–Trinajstić information content (AvgIpc) is 3.26. The number of amides is 2. The molecule has 2 N–H and O–H groups in total. The van der Waals surface area contributed by atoms with Crippen LogP contribution < -0.4 is 15.5 Å². The molecule has 0 bridgehead atoms. The molecular formula is C22H24F3N7O6. The lowest BCUT2D eigenvalue weighted by Gasteiger charge is -2.36. The number of nitrogens with zero attached hydrogens (tertiary/aromatic N) is 5.